The molecule has 3 rings (SSSR count). The molecule has 2 aromatic rings. The Morgan fingerprint density at radius 1 is 1.07 bits per heavy atom. The summed E-state index contributed by atoms with van der Waals surface area (Å²) in [5.74, 6) is 2.17. The van der Waals surface area contributed by atoms with E-state index in [2.05, 4.69) is 11.9 Å². The molecule has 0 amide bonds. The summed E-state index contributed by atoms with van der Waals surface area (Å²) in [5.41, 5.74) is 1.63. The first-order valence-corrected chi connectivity index (χ1v) is 9.34. The van der Waals surface area contributed by atoms with Crippen LogP contribution in [-0.4, -0.2) is 40.7 Å². The van der Waals surface area contributed by atoms with Gasteiger partial charge in [-0.25, -0.2) is 4.79 Å². The van der Waals surface area contributed by atoms with Gasteiger partial charge in [-0.05, 0) is 24.6 Å². The van der Waals surface area contributed by atoms with Crippen LogP contribution in [0.4, 0.5) is 5.69 Å². The average molecular weight is 415 g/mol. The van der Waals surface area contributed by atoms with Crippen molar-refractivity contribution in [3.05, 3.63) is 48.0 Å². The molecule has 1 atom stereocenters. The van der Waals surface area contributed by atoms with Gasteiger partial charge in [0.15, 0.2) is 23.0 Å². The zero-order valence-corrected chi connectivity index (χ0v) is 17.4. The number of hydrogen-bond acceptors (Lipinski definition) is 8. The molecule has 1 aliphatic rings. The first-order chi connectivity index (χ1) is 14.5. The predicted octanol–water partition coefficient (Wildman–Crippen LogP) is 3.71. The molecule has 0 spiro atoms. The molecule has 1 N–H and O–H groups in total. The summed E-state index contributed by atoms with van der Waals surface area (Å²) >= 11 is 0. The number of carbonyl (C=O) groups is 1. The van der Waals surface area contributed by atoms with E-state index >= 15 is 0 Å². The fraction of sp³-hybridized carbons (Fsp3) is 0.318. The number of fused-ring (bicyclic) bond motifs is 1. The third-order valence-electron chi connectivity index (χ3n) is 4.59. The average Bonchev–Trinajstić information content (AvgIpc) is 3.24. The van der Waals surface area contributed by atoms with Crippen LogP contribution in [-0.2, 0) is 9.53 Å². The molecule has 30 heavy (non-hydrogen) atoms. The minimum atomic E-state index is -0.596. The number of anilines is 1. The van der Waals surface area contributed by atoms with E-state index in [-0.39, 0.29) is 19.0 Å². The highest BCUT2D eigenvalue weighted by Gasteiger charge is 2.25. The number of rotatable bonds is 9. The molecular weight excluding hydrogens is 390 g/mol. The Morgan fingerprint density at radius 3 is 2.33 bits per heavy atom. The highest BCUT2D eigenvalue weighted by Crippen LogP contribution is 2.42. The Bertz CT molecular complexity index is 916. The summed E-state index contributed by atoms with van der Waals surface area (Å²) in [6, 6.07) is 8.34. The molecule has 0 radical (unpaired) electrons. The number of ether oxygens (including phenoxy) is 6. The fourth-order valence-electron chi connectivity index (χ4n) is 3.14. The summed E-state index contributed by atoms with van der Waals surface area (Å²) in [4.78, 5) is 12.4. The molecule has 0 saturated heterocycles. The van der Waals surface area contributed by atoms with E-state index in [1.807, 2.05) is 12.1 Å². The van der Waals surface area contributed by atoms with E-state index in [1.165, 1.54) is 21.3 Å². The van der Waals surface area contributed by atoms with Gasteiger partial charge in [0.05, 0.1) is 39.6 Å². The number of nitrogens with one attached hydrogen (secondary N) is 1. The normalized spacial score (nSPS) is 12.7. The monoisotopic (exact) mass is 415 g/mol. The summed E-state index contributed by atoms with van der Waals surface area (Å²) in [5, 5.41) is 3.31. The quantitative estimate of drug-likeness (QED) is 0.490. The Labute approximate surface area is 175 Å². The third kappa shape index (κ3) is 4.22. The smallest absolute Gasteiger partial charge is 0.335 e. The Kier molecular flexibility index (Phi) is 6.56. The molecule has 8 heteroatoms. The zero-order chi connectivity index (χ0) is 21.7. The molecule has 0 aliphatic carbocycles. The van der Waals surface area contributed by atoms with Crippen LogP contribution in [0.5, 0.6) is 28.7 Å². The molecule has 0 unspecified atom stereocenters. The van der Waals surface area contributed by atoms with Gasteiger partial charge < -0.3 is 33.7 Å². The molecule has 2 aromatic carbocycles. The van der Waals surface area contributed by atoms with Crippen LogP contribution in [0, 0.1) is 0 Å². The van der Waals surface area contributed by atoms with Crippen LogP contribution >= 0.6 is 0 Å². The van der Waals surface area contributed by atoms with E-state index in [1.54, 1.807) is 25.1 Å². The number of hydrogen-bond donors (Lipinski definition) is 1. The van der Waals surface area contributed by atoms with Gasteiger partial charge in [0.25, 0.3) is 0 Å². The number of methoxy groups -OCH3 is 3. The molecule has 8 nitrogen and oxygen atoms in total. The van der Waals surface area contributed by atoms with Gasteiger partial charge >= 0.3 is 5.97 Å². The lowest BCUT2D eigenvalue weighted by Crippen LogP contribution is -2.20. The maximum Gasteiger partial charge on any atom is 0.335 e. The Hall–Kier alpha value is -3.55. The second-order valence-corrected chi connectivity index (χ2v) is 6.35. The van der Waals surface area contributed by atoms with Crippen molar-refractivity contribution >= 4 is 11.7 Å². The third-order valence-corrected chi connectivity index (χ3v) is 4.59. The molecule has 0 bridgehead atoms. The van der Waals surface area contributed by atoms with E-state index < -0.39 is 12.0 Å². The highest BCUT2D eigenvalue weighted by atomic mass is 16.7. The van der Waals surface area contributed by atoms with Crippen LogP contribution in [0.3, 0.4) is 0 Å². The van der Waals surface area contributed by atoms with Crippen LogP contribution < -0.4 is 29.0 Å². The van der Waals surface area contributed by atoms with Crippen molar-refractivity contribution < 1.29 is 33.2 Å². The van der Waals surface area contributed by atoms with Crippen LogP contribution in [0.1, 0.15) is 18.5 Å². The minimum absolute atomic E-state index is 0.155. The fourth-order valence-corrected chi connectivity index (χ4v) is 3.14. The highest BCUT2D eigenvalue weighted by molar-refractivity contribution is 5.90. The summed E-state index contributed by atoms with van der Waals surface area (Å²) in [7, 11) is 4.60. The number of benzene rings is 2. The predicted molar refractivity (Wildman–Crippen MR) is 111 cm³/mol. The van der Waals surface area contributed by atoms with Gasteiger partial charge in [-0.2, -0.15) is 0 Å². The van der Waals surface area contributed by atoms with Crippen LogP contribution in [0.2, 0.25) is 0 Å². The van der Waals surface area contributed by atoms with Crippen molar-refractivity contribution in [3.63, 3.8) is 0 Å². The summed E-state index contributed by atoms with van der Waals surface area (Å²) < 4.78 is 32.2. The van der Waals surface area contributed by atoms with Crippen molar-refractivity contribution in [2.75, 3.05) is 40.0 Å². The van der Waals surface area contributed by atoms with Gasteiger partial charge in [0, 0.05) is 17.8 Å². The first kappa shape index (κ1) is 21.2. The standard InChI is InChI=1S/C22H25NO7/c1-6-28-22(24)13(2)20(14-7-8-16-17(9-14)30-12-29-16)23-15-10-18(25-3)21(27-5)19(11-15)26-4/h7-11,20,23H,2,6,12H2,1,3-5H3/t20-/m1/s1. The number of carbonyl (C=O) groups excluding carboxylic acids is 1. The summed E-state index contributed by atoms with van der Waals surface area (Å²) in [6.07, 6.45) is 0. The molecule has 0 fully saturated rings. The maximum atomic E-state index is 12.4. The molecule has 1 heterocycles. The van der Waals surface area contributed by atoms with Crippen molar-refractivity contribution in [3.8, 4) is 28.7 Å². The minimum Gasteiger partial charge on any atom is -0.493 e. The Morgan fingerprint density at radius 2 is 1.73 bits per heavy atom. The van der Waals surface area contributed by atoms with E-state index in [0.29, 0.717) is 34.4 Å². The lowest BCUT2D eigenvalue weighted by molar-refractivity contribution is -0.138. The molecule has 0 saturated carbocycles. The zero-order valence-electron chi connectivity index (χ0n) is 17.4. The van der Waals surface area contributed by atoms with Crippen LogP contribution in [0.25, 0.3) is 0 Å². The second kappa shape index (κ2) is 9.30. The van der Waals surface area contributed by atoms with E-state index in [9.17, 15) is 4.79 Å². The summed E-state index contributed by atoms with van der Waals surface area (Å²) in [6.45, 7) is 6.11. The maximum absolute atomic E-state index is 12.4. The van der Waals surface area contributed by atoms with Crippen molar-refractivity contribution in [2.45, 2.75) is 13.0 Å². The van der Waals surface area contributed by atoms with Gasteiger partial charge in [0.1, 0.15) is 0 Å². The van der Waals surface area contributed by atoms with Gasteiger partial charge in [-0.15, -0.1) is 0 Å². The second-order valence-electron chi connectivity index (χ2n) is 6.35. The molecule has 160 valence electrons. The molecule has 0 aromatic heterocycles. The van der Waals surface area contributed by atoms with Gasteiger partial charge in [-0.1, -0.05) is 12.6 Å². The first-order valence-electron chi connectivity index (χ1n) is 9.34. The largest absolute Gasteiger partial charge is 0.493 e. The SMILES string of the molecule is C=C(C(=O)OCC)[C@@H](Nc1cc(OC)c(OC)c(OC)c1)c1ccc2c(c1)OCO2. The van der Waals surface area contributed by atoms with Crippen LogP contribution in [0.15, 0.2) is 42.5 Å². The topological polar surface area (TPSA) is 84.5 Å². The Balaban J connectivity index is 2.01. The lowest BCUT2D eigenvalue weighted by Gasteiger charge is -2.23. The van der Waals surface area contributed by atoms with Crippen molar-refractivity contribution in [1.82, 2.24) is 0 Å². The molecule has 1 aliphatic heterocycles. The molecular formula is C22H25NO7. The van der Waals surface area contributed by atoms with Crippen molar-refractivity contribution in [1.29, 1.82) is 0 Å². The van der Waals surface area contributed by atoms with E-state index in [0.717, 1.165) is 5.56 Å². The number of esters is 1. The van der Waals surface area contributed by atoms with E-state index in [4.69, 9.17) is 28.4 Å². The van der Waals surface area contributed by atoms with Gasteiger partial charge in [0.2, 0.25) is 12.5 Å². The van der Waals surface area contributed by atoms with Crippen molar-refractivity contribution in [2.24, 2.45) is 0 Å². The lowest BCUT2D eigenvalue weighted by atomic mass is 9.98. The van der Waals surface area contributed by atoms with Gasteiger partial charge in [-0.3, -0.25) is 0 Å².